The summed E-state index contributed by atoms with van der Waals surface area (Å²) in [5.74, 6) is 0.287. The Morgan fingerprint density at radius 3 is 2.60 bits per heavy atom. The van der Waals surface area contributed by atoms with E-state index in [-0.39, 0.29) is 11.9 Å². The molecule has 0 aromatic heterocycles. The van der Waals surface area contributed by atoms with Crippen molar-refractivity contribution in [2.24, 2.45) is 0 Å². The van der Waals surface area contributed by atoms with Crippen molar-refractivity contribution >= 4 is 11.9 Å². The number of carbonyl (C=O) groups excluding carboxylic acids is 2. The van der Waals surface area contributed by atoms with Crippen molar-refractivity contribution in [2.45, 2.75) is 58.6 Å². The van der Waals surface area contributed by atoms with E-state index >= 15 is 0 Å². The zero-order valence-electron chi connectivity index (χ0n) is 15.2. The van der Waals surface area contributed by atoms with Gasteiger partial charge < -0.3 is 19.5 Å². The summed E-state index contributed by atoms with van der Waals surface area (Å²) in [6.07, 6.45) is 3.13. The van der Waals surface area contributed by atoms with Crippen LogP contribution in [0.25, 0.3) is 0 Å². The first-order chi connectivity index (χ1) is 12.0. The van der Waals surface area contributed by atoms with Gasteiger partial charge in [0.25, 0.3) is 5.91 Å². The number of rotatable bonds is 10. The van der Waals surface area contributed by atoms with Gasteiger partial charge in [-0.05, 0) is 51.3 Å². The number of ether oxygens (including phenoxy) is 3. The van der Waals surface area contributed by atoms with Gasteiger partial charge in [0.15, 0.2) is 17.6 Å². The first-order valence-corrected chi connectivity index (χ1v) is 8.96. The molecule has 1 aliphatic rings. The lowest BCUT2D eigenvalue weighted by Gasteiger charge is -2.15. The van der Waals surface area contributed by atoms with Crippen LogP contribution in [0.4, 0.5) is 0 Å². The molecule has 6 nitrogen and oxygen atoms in total. The summed E-state index contributed by atoms with van der Waals surface area (Å²) < 4.78 is 16.5. The van der Waals surface area contributed by atoms with Gasteiger partial charge in [-0.15, -0.1) is 0 Å². The molecule has 0 saturated heterocycles. The predicted molar refractivity (Wildman–Crippen MR) is 94.1 cm³/mol. The molecule has 1 aromatic rings. The van der Waals surface area contributed by atoms with E-state index in [9.17, 15) is 9.59 Å². The van der Waals surface area contributed by atoms with Crippen molar-refractivity contribution in [1.29, 1.82) is 0 Å². The van der Waals surface area contributed by atoms with Gasteiger partial charge in [-0.2, -0.15) is 0 Å². The quantitative estimate of drug-likeness (QED) is 0.519. The molecular weight excluding hydrogens is 322 g/mol. The SMILES string of the molecule is CCCCOc1ccc(C(=O)O[C@@H](C)C(=O)NC2CC2)cc1OCC. The zero-order valence-corrected chi connectivity index (χ0v) is 15.2. The molecule has 1 atom stereocenters. The fourth-order valence-corrected chi connectivity index (χ4v) is 2.18. The van der Waals surface area contributed by atoms with E-state index in [0.717, 1.165) is 25.7 Å². The summed E-state index contributed by atoms with van der Waals surface area (Å²) in [4.78, 5) is 24.2. The summed E-state index contributed by atoms with van der Waals surface area (Å²) in [6.45, 7) is 6.58. The molecule has 2 rings (SSSR count). The number of hydrogen-bond donors (Lipinski definition) is 1. The van der Waals surface area contributed by atoms with Crippen LogP contribution < -0.4 is 14.8 Å². The number of esters is 1. The van der Waals surface area contributed by atoms with Gasteiger partial charge in [0.2, 0.25) is 0 Å². The molecule has 25 heavy (non-hydrogen) atoms. The summed E-state index contributed by atoms with van der Waals surface area (Å²) in [7, 11) is 0. The maximum Gasteiger partial charge on any atom is 0.339 e. The lowest BCUT2D eigenvalue weighted by atomic mass is 10.2. The lowest BCUT2D eigenvalue weighted by molar-refractivity contribution is -0.129. The number of hydrogen-bond acceptors (Lipinski definition) is 5. The third-order valence-corrected chi connectivity index (χ3v) is 3.81. The molecule has 138 valence electrons. The number of carbonyl (C=O) groups is 2. The zero-order chi connectivity index (χ0) is 18.2. The second-order valence-corrected chi connectivity index (χ2v) is 6.13. The summed E-state index contributed by atoms with van der Waals surface area (Å²) in [5, 5.41) is 2.82. The third kappa shape index (κ3) is 5.96. The normalized spacial score (nSPS) is 14.5. The second-order valence-electron chi connectivity index (χ2n) is 6.13. The van der Waals surface area contributed by atoms with E-state index in [1.54, 1.807) is 25.1 Å². The smallest absolute Gasteiger partial charge is 0.339 e. The van der Waals surface area contributed by atoms with E-state index in [1.165, 1.54) is 0 Å². The van der Waals surface area contributed by atoms with Crippen LogP contribution in [0.2, 0.25) is 0 Å². The third-order valence-electron chi connectivity index (χ3n) is 3.81. The van der Waals surface area contributed by atoms with Gasteiger partial charge in [0, 0.05) is 6.04 Å². The maximum atomic E-state index is 12.3. The second kappa shape index (κ2) is 9.30. The largest absolute Gasteiger partial charge is 0.490 e. The Bertz CT molecular complexity index is 597. The Balaban J connectivity index is 1.99. The highest BCUT2D eigenvalue weighted by molar-refractivity contribution is 5.93. The highest BCUT2D eigenvalue weighted by Crippen LogP contribution is 2.29. The summed E-state index contributed by atoms with van der Waals surface area (Å²) in [6, 6.07) is 5.15. The van der Waals surface area contributed by atoms with Crippen molar-refractivity contribution in [2.75, 3.05) is 13.2 Å². The van der Waals surface area contributed by atoms with Crippen molar-refractivity contribution in [3.63, 3.8) is 0 Å². The monoisotopic (exact) mass is 349 g/mol. The van der Waals surface area contributed by atoms with Crippen molar-refractivity contribution in [3.05, 3.63) is 23.8 Å². The van der Waals surface area contributed by atoms with E-state index in [0.29, 0.717) is 30.3 Å². The van der Waals surface area contributed by atoms with Crippen LogP contribution in [-0.4, -0.2) is 37.2 Å². The van der Waals surface area contributed by atoms with Crippen molar-refractivity contribution in [1.82, 2.24) is 5.32 Å². The maximum absolute atomic E-state index is 12.3. The van der Waals surface area contributed by atoms with Gasteiger partial charge in [-0.3, -0.25) is 4.79 Å². The van der Waals surface area contributed by atoms with E-state index in [2.05, 4.69) is 12.2 Å². The molecule has 0 radical (unpaired) electrons. The molecule has 1 aromatic carbocycles. The van der Waals surface area contributed by atoms with E-state index < -0.39 is 12.1 Å². The molecule has 1 N–H and O–H groups in total. The van der Waals surface area contributed by atoms with Crippen LogP contribution in [0.1, 0.15) is 56.8 Å². The van der Waals surface area contributed by atoms with Crippen LogP contribution in [0.3, 0.4) is 0 Å². The highest BCUT2D eigenvalue weighted by Gasteiger charge is 2.27. The van der Waals surface area contributed by atoms with E-state index in [4.69, 9.17) is 14.2 Å². The van der Waals surface area contributed by atoms with Crippen molar-refractivity contribution in [3.8, 4) is 11.5 Å². The number of nitrogens with one attached hydrogen (secondary N) is 1. The molecule has 1 fully saturated rings. The molecular formula is C19H27NO5. The van der Waals surface area contributed by atoms with Crippen LogP contribution in [-0.2, 0) is 9.53 Å². The Labute approximate surface area is 148 Å². The van der Waals surface area contributed by atoms with Crippen molar-refractivity contribution < 1.29 is 23.8 Å². The fraction of sp³-hybridized carbons (Fsp3) is 0.579. The Morgan fingerprint density at radius 2 is 1.96 bits per heavy atom. The minimum absolute atomic E-state index is 0.234. The first kappa shape index (κ1) is 19.1. The molecule has 1 amide bonds. The van der Waals surface area contributed by atoms with Gasteiger partial charge >= 0.3 is 5.97 Å². The van der Waals surface area contributed by atoms with Crippen LogP contribution in [0.5, 0.6) is 11.5 Å². The predicted octanol–water partition coefficient (Wildman–Crippen LogP) is 3.09. The summed E-state index contributed by atoms with van der Waals surface area (Å²) >= 11 is 0. The Morgan fingerprint density at radius 1 is 1.20 bits per heavy atom. The topological polar surface area (TPSA) is 73.9 Å². The van der Waals surface area contributed by atoms with Gasteiger partial charge in [-0.25, -0.2) is 4.79 Å². The van der Waals surface area contributed by atoms with Crippen LogP contribution in [0, 0.1) is 0 Å². The molecule has 0 spiro atoms. The molecule has 0 unspecified atom stereocenters. The molecule has 0 aliphatic heterocycles. The number of amides is 1. The van der Waals surface area contributed by atoms with Gasteiger partial charge in [-0.1, -0.05) is 13.3 Å². The molecule has 1 saturated carbocycles. The Hall–Kier alpha value is -2.24. The minimum Gasteiger partial charge on any atom is -0.490 e. The summed E-state index contributed by atoms with van der Waals surface area (Å²) in [5.41, 5.74) is 0.331. The minimum atomic E-state index is -0.830. The number of benzene rings is 1. The average molecular weight is 349 g/mol. The van der Waals surface area contributed by atoms with Gasteiger partial charge in [0.05, 0.1) is 18.8 Å². The molecule has 0 bridgehead atoms. The average Bonchev–Trinajstić information content (AvgIpc) is 3.40. The Kier molecular flexibility index (Phi) is 7.10. The fourth-order valence-electron chi connectivity index (χ4n) is 2.18. The lowest BCUT2D eigenvalue weighted by Crippen LogP contribution is -2.37. The molecule has 1 aliphatic carbocycles. The first-order valence-electron chi connectivity index (χ1n) is 8.96. The van der Waals surface area contributed by atoms with Gasteiger partial charge in [0.1, 0.15) is 0 Å². The molecule has 0 heterocycles. The highest BCUT2D eigenvalue weighted by atomic mass is 16.5. The van der Waals surface area contributed by atoms with E-state index in [1.807, 2.05) is 6.92 Å². The van der Waals surface area contributed by atoms with Crippen LogP contribution >= 0.6 is 0 Å². The number of unbranched alkanes of at least 4 members (excludes halogenated alkanes) is 1. The van der Waals surface area contributed by atoms with Crippen LogP contribution in [0.15, 0.2) is 18.2 Å². The molecule has 6 heteroatoms. The standard InChI is InChI=1S/C19H27NO5/c1-4-6-11-24-16-10-7-14(12-17(16)23-5-2)19(22)25-13(3)18(21)20-15-8-9-15/h7,10,12-13,15H,4-6,8-9,11H2,1-3H3,(H,20,21)/t13-/m0/s1.